The van der Waals surface area contributed by atoms with Gasteiger partial charge in [-0.1, -0.05) is 37.3 Å². The SMILES string of the molecule is CC(c1ccccc1)C1CC(=O)CC1=O. The van der Waals surface area contributed by atoms with E-state index < -0.39 is 0 Å². The maximum absolute atomic E-state index is 11.6. The Bertz CT molecular complexity index is 381. The molecule has 0 spiro atoms. The molecular weight excluding hydrogens is 188 g/mol. The minimum Gasteiger partial charge on any atom is -0.299 e. The van der Waals surface area contributed by atoms with Crippen molar-refractivity contribution in [2.24, 2.45) is 5.92 Å². The molecule has 2 nitrogen and oxygen atoms in total. The highest BCUT2D eigenvalue weighted by molar-refractivity contribution is 6.07. The highest BCUT2D eigenvalue weighted by atomic mass is 16.2. The van der Waals surface area contributed by atoms with E-state index >= 15 is 0 Å². The average Bonchev–Trinajstić information content (AvgIpc) is 2.58. The van der Waals surface area contributed by atoms with Crippen LogP contribution in [0.5, 0.6) is 0 Å². The summed E-state index contributed by atoms with van der Waals surface area (Å²) >= 11 is 0. The molecular formula is C13H14O2. The van der Waals surface area contributed by atoms with Crippen LogP contribution in [-0.2, 0) is 9.59 Å². The Hall–Kier alpha value is -1.44. The van der Waals surface area contributed by atoms with E-state index in [-0.39, 0.29) is 29.8 Å². The van der Waals surface area contributed by atoms with E-state index in [0.29, 0.717) is 6.42 Å². The van der Waals surface area contributed by atoms with E-state index in [1.807, 2.05) is 37.3 Å². The molecule has 1 fully saturated rings. The van der Waals surface area contributed by atoms with Crippen molar-refractivity contribution in [1.82, 2.24) is 0 Å². The van der Waals surface area contributed by atoms with E-state index in [1.54, 1.807) is 0 Å². The quantitative estimate of drug-likeness (QED) is 0.690. The number of benzene rings is 1. The fourth-order valence-corrected chi connectivity index (χ4v) is 2.20. The third-order valence-corrected chi connectivity index (χ3v) is 3.16. The van der Waals surface area contributed by atoms with Gasteiger partial charge in [0.1, 0.15) is 11.6 Å². The van der Waals surface area contributed by atoms with Crippen molar-refractivity contribution in [3.8, 4) is 0 Å². The largest absolute Gasteiger partial charge is 0.299 e. The van der Waals surface area contributed by atoms with Gasteiger partial charge in [-0.3, -0.25) is 9.59 Å². The van der Waals surface area contributed by atoms with E-state index in [1.165, 1.54) is 0 Å². The fraction of sp³-hybridized carbons (Fsp3) is 0.385. The standard InChI is InChI=1S/C13H14O2/c1-9(10-5-3-2-4-6-10)12-7-11(14)8-13(12)15/h2-6,9,12H,7-8H2,1H3. The maximum atomic E-state index is 11.6. The highest BCUT2D eigenvalue weighted by Gasteiger charge is 2.35. The van der Waals surface area contributed by atoms with Gasteiger partial charge in [-0.25, -0.2) is 0 Å². The van der Waals surface area contributed by atoms with Gasteiger partial charge in [0.15, 0.2) is 0 Å². The van der Waals surface area contributed by atoms with Crippen LogP contribution in [-0.4, -0.2) is 11.6 Å². The molecule has 1 aromatic rings. The molecule has 0 heterocycles. The Balaban J connectivity index is 2.18. The third kappa shape index (κ3) is 1.99. The summed E-state index contributed by atoms with van der Waals surface area (Å²) in [5, 5.41) is 0. The zero-order valence-corrected chi connectivity index (χ0v) is 8.77. The number of carbonyl (C=O) groups is 2. The predicted octanol–water partition coefficient (Wildman–Crippen LogP) is 2.34. The fourth-order valence-electron chi connectivity index (χ4n) is 2.20. The van der Waals surface area contributed by atoms with Gasteiger partial charge in [-0.05, 0) is 11.5 Å². The van der Waals surface area contributed by atoms with Crippen molar-refractivity contribution in [2.45, 2.75) is 25.7 Å². The molecule has 0 amide bonds. The summed E-state index contributed by atoms with van der Waals surface area (Å²) in [5.41, 5.74) is 1.14. The lowest BCUT2D eigenvalue weighted by molar-refractivity contribution is -0.122. The van der Waals surface area contributed by atoms with Crippen molar-refractivity contribution in [1.29, 1.82) is 0 Å². The second-order valence-corrected chi connectivity index (χ2v) is 4.19. The van der Waals surface area contributed by atoms with Crippen molar-refractivity contribution >= 4 is 11.6 Å². The van der Waals surface area contributed by atoms with Crippen LogP contribution in [0.1, 0.15) is 31.2 Å². The number of ketones is 2. The first-order chi connectivity index (χ1) is 7.18. The van der Waals surface area contributed by atoms with Crippen LogP contribution in [0.4, 0.5) is 0 Å². The average molecular weight is 202 g/mol. The highest BCUT2D eigenvalue weighted by Crippen LogP contribution is 2.32. The van der Waals surface area contributed by atoms with Gasteiger partial charge in [-0.2, -0.15) is 0 Å². The summed E-state index contributed by atoms with van der Waals surface area (Å²) < 4.78 is 0. The first-order valence-electron chi connectivity index (χ1n) is 5.28. The summed E-state index contributed by atoms with van der Waals surface area (Å²) in [6, 6.07) is 9.92. The van der Waals surface area contributed by atoms with E-state index in [2.05, 4.69) is 0 Å². The first kappa shape index (κ1) is 10.1. The molecule has 78 valence electrons. The molecule has 0 aliphatic heterocycles. The summed E-state index contributed by atoms with van der Waals surface area (Å²) in [6.07, 6.45) is 0.566. The van der Waals surface area contributed by atoms with Gasteiger partial charge < -0.3 is 0 Å². The summed E-state index contributed by atoms with van der Waals surface area (Å²) in [6.45, 7) is 2.02. The molecule has 1 aromatic carbocycles. The molecule has 1 aliphatic rings. The first-order valence-corrected chi connectivity index (χ1v) is 5.28. The van der Waals surface area contributed by atoms with Crippen LogP contribution in [0.2, 0.25) is 0 Å². The number of rotatable bonds is 2. The molecule has 15 heavy (non-hydrogen) atoms. The second-order valence-electron chi connectivity index (χ2n) is 4.19. The Morgan fingerprint density at radius 1 is 1.20 bits per heavy atom. The topological polar surface area (TPSA) is 34.1 Å². The molecule has 0 saturated heterocycles. The zero-order valence-electron chi connectivity index (χ0n) is 8.77. The van der Waals surface area contributed by atoms with Crippen LogP contribution in [0.3, 0.4) is 0 Å². The third-order valence-electron chi connectivity index (χ3n) is 3.16. The Morgan fingerprint density at radius 3 is 2.40 bits per heavy atom. The van der Waals surface area contributed by atoms with Gasteiger partial charge in [0.05, 0.1) is 6.42 Å². The number of hydrogen-bond donors (Lipinski definition) is 0. The minimum absolute atomic E-state index is 0.0905. The monoisotopic (exact) mass is 202 g/mol. The molecule has 1 aliphatic carbocycles. The molecule has 2 rings (SSSR count). The van der Waals surface area contributed by atoms with Gasteiger partial charge in [0.25, 0.3) is 0 Å². The van der Waals surface area contributed by atoms with Crippen molar-refractivity contribution in [3.05, 3.63) is 35.9 Å². The van der Waals surface area contributed by atoms with Crippen LogP contribution < -0.4 is 0 Å². The van der Waals surface area contributed by atoms with Crippen molar-refractivity contribution in [3.63, 3.8) is 0 Å². The maximum Gasteiger partial charge on any atom is 0.144 e. The lowest BCUT2D eigenvalue weighted by Crippen LogP contribution is -2.14. The summed E-state index contributed by atoms with van der Waals surface area (Å²) in [7, 11) is 0. The van der Waals surface area contributed by atoms with Gasteiger partial charge in [0, 0.05) is 12.3 Å². The normalized spacial score (nSPS) is 23.1. The Kier molecular flexibility index (Phi) is 2.67. The van der Waals surface area contributed by atoms with Crippen LogP contribution in [0.15, 0.2) is 30.3 Å². The van der Waals surface area contributed by atoms with E-state index in [0.717, 1.165) is 5.56 Å². The molecule has 2 heteroatoms. The molecule has 0 N–H and O–H groups in total. The minimum atomic E-state index is -0.0973. The van der Waals surface area contributed by atoms with E-state index in [9.17, 15) is 9.59 Å². The number of carbonyl (C=O) groups excluding carboxylic acids is 2. The second kappa shape index (κ2) is 3.97. The Labute approximate surface area is 89.3 Å². The van der Waals surface area contributed by atoms with Gasteiger partial charge >= 0.3 is 0 Å². The van der Waals surface area contributed by atoms with Crippen LogP contribution in [0, 0.1) is 5.92 Å². The van der Waals surface area contributed by atoms with Gasteiger partial charge in [0.2, 0.25) is 0 Å². The zero-order chi connectivity index (χ0) is 10.8. The Morgan fingerprint density at radius 2 is 1.87 bits per heavy atom. The molecule has 2 unspecified atom stereocenters. The van der Waals surface area contributed by atoms with E-state index in [4.69, 9.17) is 0 Å². The lowest BCUT2D eigenvalue weighted by Gasteiger charge is -2.17. The predicted molar refractivity (Wildman–Crippen MR) is 57.6 cm³/mol. The van der Waals surface area contributed by atoms with Crippen LogP contribution >= 0.6 is 0 Å². The lowest BCUT2D eigenvalue weighted by atomic mass is 9.86. The number of Topliss-reactive ketones (excluding diaryl/α,β-unsaturated/α-hetero) is 2. The van der Waals surface area contributed by atoms with Crippen LogP contribution in [0.25, 0.3) is 0 Å². The molecule has 1 saturated carbocycles. The molecule has 0 radical (unpaired) electrons. The summed E-state index contributed by atoms with van der Waals surface area (Å²) in [4.78, 5) is 22.8. The number of hydrogen-bond acceptors (Lipinski definition) is 2. The van der Waals surface area contributed by atoms with Crippen molar-refractivity contribution < 1.29 is 9.59 Å². The molecule has 0 bridgehead atoms. The summed E-state index contributed by atoms with van der Waals surface area (Å²) in [5.74, 6) is 0.259. The van der Waals surface area contributed by atoms with Crippen molar-refractivity contribution in [2.75, 3.05) is 0 Å². The smallest absolute Gasteiger partial charge is 0.144 e. The van der Waals surface area contributed by atoms with Gasteiger partial charge in [-0.15, -0.1) is 0 Å². The molecule has 2 atom stereocenters. The molecule has 0 aromatic heterocycles.